The van der Waals surface area contributed by atoms with E-state index >= 15 is 0 Å². The first-order valence-electron chi connectivity index (χ1n) is 6.39. The van der Waals surface area contributed by atoms with E-state index in [0.29, 0.717) is 11.0 Å². The number of benzene rings is 2. The molecule has 2 aromatic carbocycles. The molecule has 0 saturated heterocycles. The maximum Gasteiger partial charge on any atom is 0.161 e. The van der Waals surface area contributed by atoms with Crippen molar-refractivity contribution in [1.82, 2.24) is 9.97 Å². The van der Waals surface area contributed by atoms with Gasteiger partial charge in [0.25, 0.3) is 0 Å². The lowest BCUT2D eigenvalue weighted by atomic mass is 10.1. The Morgan fingerprint density at radius 3 is 2.30 bits per heavy atom. The average Bonchev–Trinajstić information content (AvgIpc) is 2.47. The van der Waals surface area contributed by atoms with Gasteiger partial charge in [0, 0.05) is 17.2 Å². The highest BCUT2D eigenvalue weighted by Crippen LogP contribution is 2.24. The summed E-state index contributed by atoms with van der Waals surface area (Å²) in [5.41, 5.74) is 4.02. The summed E-state index contributed by atoms with van der Waals surface area (Å²) in [6.07, 6.45) is 0. The summed E-state index contributed by atoms with van der Waals surface area (Å²) in [5.74, 6) is 0.653. The molecule has 1 aromatic heterocycles. The van der Waals surface area contributed by atoms with Crippen molar-refractivity contribution in [3.05, 3.63) is 71.4 Å². The maximum absolute atomic E-state index is 6.14. The summed E-state index contributed by atoms with van der Waals surface area (Å²) in [7, 11) is 0. The SMILES string of the molecule is Cc1cccc(-c2nc(Cl)cc(-c3ccccc3)n2)c1. The lowest BCUT2D eigenvalue weighted by molar-refractivity contribution is 1.18. The normalized spacial score (nSPS) is 10.5. The molecule has 0 radical (unpaired) electrons. The van der Waals surface area contributed by atoms with Gasteiger partial charge in [0.2, 0.25) is 0 Å². The van der Waals surface area contributed by atoms with Gasteiger partial charge in [-0.05, 0) is 13.0 Å². The molecule has 3 aromatic rings. The highest BCUT2D eigenvalue weighted by atomic mass is 35.5. The zero-order valence-electron chi connectivity index (χ0n) is 11.0. The van der Waals surface area contributed by atoms with Crippen LogP contribution in [0, 0.1) is 6.92 Å². The zero-order chi connectivity index (χ0) is 13.9. The summed E-state index contributed by atoms with van der Waals surface area (Å²) in [6, 6.07) is 19.9. The third-order valence-electron chi connectivity index (χ3n) is 3.04. The van der Waals surface area contributed by atoms with Crippen molar-refractivity contribution in [2.45, 2.75) is 6.92 Å². The van der Waals surface area contributed by atoms with E-state index in [0.717, 1.165) is 16.8 Å². The lowest BCUT2D eigenvalue weighted by Gasteiger charge is -2.06. The molecule has 20 heavy (non-hydrogen) atoms. The largest absolute Gasteiger partial charge is 0.228 e. The third kappa shape index (κ3) is 2.70. The molecule has 0 bridgehead atoms. The van der Waals surface area contributed by atoms with Gasteiger partial charge in [-0.15, -0.1) is 0 Å². The van der Waals surface area contributed by atoms with Crippen LogP contribution in [0.3, 0.4) is 0 Å². The van der Waals surface area contributed by atoms with Crippen LogP contribution in [-0.2, 0) is 0 Å². The van der Waals surface area contributed by atoms with Crippen LogP contribution >= 0.6 is 11.6 Å². The second-order valence-corrected chi connectivity index (χ2v) is 5.02. The Bertz CT molecular complexity index is 739. The van der Waals surface area contributed by atoms with Crippen molar-refractivity contribution >= 4 is 11.6 Å². The number of hydrogen-bond donors (Lipinski definition) is 0. The van der Waals surface area contributed by atoms with E-state index in [1.54, 1.807) is 6.07 Å². The molecule has 2 nitrogen and oxygen atoms in total. The molecule has 0 saturated carbocycles. The summed E-state index contributed by atoms with van der Waals surface area (Å²) in [6.45, 7) is 2.05. The molecule has 0 N–H and O–H groups in total. The number of hydrogen-bond acceptors (Lipinski definition) is 2. The van der Waals surface area contributed by atoms with Gasteiger partial charge in [-0.1, -0.05) is 65.7 Å². The number of aryl methyl sites for hydroxylation is 1. The highest BCUT2D eigenvalue weighted by molar-refractivity contribution is 6.29. The molecule has 3 heteroatoms. The Hall–Kier alpha value is -2.19. The molecule has 0 fully saturated rings. The predicted octanol–water partition coefficient (Wildman–Crippen LogP) is 4.77. The minimum atomic E-state index is 0.454. The van der Waals surface area contributed by atoms with Crippen molar-refractivity contribution in [1.29, 1.82) is 0 Å². The molecule has 0 spiro atoms. The van der Waals surface area contributed by atoms with E-state index in [9.17, 15) is 0 Å². The number of rotatable bonds is 2. The Kier molecular flexibility index (Phi) is 3.48. The molecule has 0 atom stereocenters. The van der Waals surface area contributed by atoms with Crippen LogP contribution in [-0.4, -0.2) is 9.97 Å². The Morgan fingerprint density at radius 2 is 1.55 bits per heavy atom. The first-order chi connectivity index (χ1) is 9.72. The van der Waals surface area contributed by atoms with Gasteiger partial charge in [-0.25, -0.2) is 9.97 Å². The molecule has 0 aliphatic heterocycles. The van der Waals surface area contributed by atoms with Gasteiger partial charge >= 0.3 is 0 Å². The van der Waals surface area contributed by atoms with Gasteiger partial charge in [0.05, 0.1) is 5.69 Å². The number of halogens is 1. The fourth-order valence-corrected chi connectivity index (χ4v) is 2.27. The van der Waals surface area contributed by atoms with Crippen molar-refractivity contribution in [3.8, 4) is 22.6 Å². The van der Waals surface area contributed by atoms with Crippen LogP contribution in [0.2, 0.25) is 5.15 Å². The number of aromatic nitrogens is 2. The summed E-state index contributed by atoms with van der Waals surface area (Å²) < 4.78 is 0. The quantitative estimate of drug-likeness (QED) is 0.632. The molecule has 1 heterocycles. The van der Waals surface area contributed by atoms with Crippen LogP contribution in [0.15, 0.2) is 60.7 Å². The van der Waals surface area contributed by atoms with Crippen LogP contribution < -0.4 is 0 Å². The lowest BCUT2D eigenvalue weighted by Crippen LogP contribution is -1.93. The summed E-state index contributed by atoms with van der Waals surface area (Å²) in [4.78, 5) is 8.94. The minimum Gasteiger partial charge on any atom is -0.228 e. The first-order valence-corrected chi connectivity index (χ1v) is 6.77. The van der Waals surface area contributed by atoms with E-state index in [1.807, 2.05) is 55.5 Å². The van der Waals surface area contributed by atoms with E-state index < -0.39 is 0 Å². The average molecular weight is 281 g/mol. The first kappa shape index (κ1) is 12.8. The van der Waals surface area contributed by atoms with Crippen LogP contribution in [0.1, 0.15) is 5.56 Å². The molecular formula is C17H13ClN2. The third-order valence-corrected chi connectivity index (χ3v) is 3.23. The maximum atomic E-state index is 6.14. The molecule has 0 amide bonds. The fraction of sp³-hybridized carbons (Fsp3) is 0.0588. The molecule has 0 aliphatic rings. The monoisotopic (exact) mass is 280 g/mol. The van der Waals surface area contributed by atoms with Gasteiger partial charge in [0.15, 0.2) is 5.82 Å². The molecule has 98 valence electrons. The highest BCUT2D eigenvalue weighted by Gasteiger charge is 2.07. The van der Waals surface area contributed by atoms with Crippen LogP contribution in [0.4, 0.5) is 0 Å². The zero-order valence-corrected chi connectivity index (χ0v) is 11.8. The smallest absolute Gasteiger partial charge is 0.161 e. The molecule has 0 unspecified atom stereocenters. The minimum absolute atomic E-state index is 0.454. The van der Waals surface area contributed by atoms with Crippen LogP contribution in [0.25, 0.3) is 22.6 Å². The Balaban J connectivity index is 2.12. The van der Waals surface area contributed by atoms with E-state index in [-0.39, 0.29) is 0 Å². The molecule has 3 rings (SSSR count). The molecule has 0 aliphatic carbocycles. The predicted molar refractivity (Wildman–Crippen MR) is 82.7 cm³/mol. The van der Waals surface area contributed by atoms with E-state index in [1.165, 1.54) is 5.56 Å². The number of nitrogens with zero attached hydrogens (tertiary/aromatic N) is 2. The Labute approximate surface area is 123 Å². The van der Waals surface area contributed by atoms with Crippen LogP contribution in [0.5, 0.6) is 0 Å². The van der Waals surface area contributed by atoms with E-state index in [4.69, 9.17) is 11.6 Å². The Morgan fingerprint density at radius 1 is 0.800 bits per heavy atom. The summed E-state index contributed by atoms with van der Waals surface area (Å²) >= 11 is 6.14. The van der Waals surface area contributed by atoms with Gasteiger partial charge < -0.3 is 0 Å². The van der Waals surface area contributed by atoms with Gasteiger partial charge in [-0.3, -0.25) is 0 Å². The van der Waals surface area contributed by atoms with Gasteiger partial charge in [0.1, 0.15) is 5.15 Å². The standard InChI is InChI=1S/C17H13ClN2/c1-12-6-5-9-14(10-12)17-19-15(11-16(18)20-17)13-7-3-2-4-8-13/h2-11H,1H3. The second kappa shape index (κ2) is 5.43. The van der Waals surface area contributed by atoms with E-state index in [2.05, 4.69) is 16.0 Å². The van der Waals surface area contributed by atoms with Crippen molar-refractivity contribution in [3.63, 3.8) is 0 Å². The van der Waals surface area contributed by atoms with Crippen molar-refractivity contribution in [2.75, 3.05) is 0 Å². The topological polar surface area (TPSA) is 25.8 Å². The van der Waals surface area contributed by atoms with Crippen molar-refractivity contribution in [2.24, 2.45) is 0 Å². The second-order valence-electron chi connectivity index (χ2n) is 4.64. The summed E-state index contributed by atoms with van der Waals surface area (Å²) in [5, 5.41) is 0.454. The fourth-order valence-electron chi connectivity index (χ4n) is 2.09. The van der Waals surface area contributed by atoms with Crippen molar-refractivity contribution < 1.29 is 0 Å². The van der Waals surface area contributed by atoms with Gasteiger partial charge in [-0.2, -0.15) is 0 Å². The molecular weight excluding hydrogens is 268 g/mol.